The smallest absolute Gasteiger partial charge is 0.254 e. The summed E-state index contributed by atoms with van der Waals surface area (Å²) in [6.45, 7) is 2.91. The first-order valence-corrected chi connectivity index (χ1v) is 10.0. The summed E-state index contributed by atoms with van der Waals surface area (Å²) in [7, 11) is 0. The van der Waals surface area contributed by atoms with Gasteiger partial charge in [0.1, 0.15) is 5.82 Å². The van der Waals surface area contributed by atoms with Crippen molar-refractivity contribution < 1.29 is 14.6 Å². The molecule has 1 heterocycles. The molecule has 0 unspecified atom stereocenters. The first-order chi connectivity index (χ1) is 13.1. The second-order valence-corrected chi connectivity index (χ2v) is 7.52. The monoisotopic (exact) mass is 377 g/mol. The number of carbonyl (C=O) groups is 1. The van der Waals surface area contributed by atoms with Crippen LogP contribution in [0, 0.1) is 5.92 Å². The van der Waals surface area contributed by atoms with Gasteiger partial charge in [-0.25, -0.2) is 4.98 Å². The summed E-state index contributed by atoms with van der Waals surface area (Å²) in [5.74, 6) is 0.569. The van der Waals surface area contributed by atoms with Crippen molar-refractivity contribution in [1.82, 2.24) is 9.97 Å². The number of amides is 1. The van der Waals surface area contributed by atoms with E-state index in [9.17, 15) is 9.90 Å². The summed E-state index contributed by atoms with van der Waals surface area (Å²) in [5, 5.41) is 16.2. The van der Waals surface area contributed by atoms with Gasteiger partial charge in [-0.15, -0.1) is 0 Å². The highest BCUT2D eigenvalue weighted by molar-refractivity contribution is 5.97. The molecule has 2 saturated carbocycles. The standard InChI is InChI=1S/C19H31N5O3/c1-2-27-14-8-6-13(7-9-14)22-19-21-10-15(17(20)26)18(24-19)23-16-5-3-4-12(16)11-25/h10,12-14,16,25H,2-9,11H2,1H3,(H2,20,26)(H2,21,22,23,24)/t12-,13?,14?,16-/m1/s1. The fourth-order valence-electron chi connectivity index (χ4n) is 4.15. The molecule has 3 rings (SSSR count). The summed E-state index contributed by atoms with van der Waals surface area (Å²) >= 11 is 0. The average molecular weight is 377 g/mol. The lowest BCUT2D eigenvalue weighted by Gasteiger charge is -2.29. The van der Waals surface area contributed by atoms with Crippen molar-refractivity contribution >= 4 is 17.7 Å². The molecule has 1 aromatic heterocycles. The molecule has 0 radical (unpaired) electrons. The zero-order chi connectivity index (χ0) is 19.2. The molecule has 8 nitrogen and oxygen atoms in total. The summed E-state index contributed by atoms with van der Waals surface area (Å²) in [6, 6.07) is 0.392. The van der Waals surface area contributed by atoms with Gasteiger partial charge in [0.15, 0.2) is 0 Å². The molecule has 2 fully saturated rings. The number of nitrogens with one attached hydrogen (secondary N) is 2. The zero-order valence-electron chi connectivity index (χ0n) is 16.0. The van der Waals surface area contributed by atoms with Gasteiger partial charge in [-0.2, -0.15) is 4.98 Å². The van der Waals surface area contributed by atoms with E-state index in [1.54, 1.807) is 0 Å². The molecule has 2 aliphatic carbocycles. The number of ether oxygens (including phenoxy) is 1. The minimum absolute atomic E-state index is 0.0949. The highest BCUT2D eigenvalue weighted by atomic mass is 16.5. The van der Waals surface area contributed by atoms with Crippen LogP contribution in [0.1, 0.15) is 62.2 Å². The molecule has 1 amide bonds. The molecular formula is C19H31N5O3. The zero-order valence-corrected chi connectivity index (χ0v) is 16.0. The number of anilines is 2. The van der Waals surface area contributed by atoms with Crippen LogP contribution in [0.5, 0.6) is 0 Å². The van der Waals surface area contributed by atoms with E-state index in [1.165, 1.54) is 6.20 Å². The van der Waals surface area contributed by atoms with Crippen LogP contribution in [0.4, 0.5) is 11.8 Å². The van der Waals surface area contributed by atoms with Crippen molar-refractivity contribution in [3.05, 3.63) is 11.8 Å². The van der Waals surface area contributed by atoms with Crippen molar-refractivity contribution in [1.29, 1.82) is 0 Å². The lowest BCUT2D eigenvalue weighted by atomic mass is 9.93. The molecule has 0 aliphatic heterocycles. The lowest BCUT2D eigenvalue weighted by molar-refractivity contribution is 0.0346. The second-order valence-electron chi connectivity index (χ2n) is 7.52. The molecule has 2 atom stereocenters. The second kappa shape index (κ2) is 9.32. The third kappa shape index (κ3) is 5.07. The first-order valence-electron chi connectivity index (χ1n) is 10.0. The number of rotatable bonds is 8. The maximum atomic E-state index is 11.8. The van der Waals surface area contributed by atoms with Gasteiger partial charge >= 0.3 is 0 Å². The van der Waals surface area contributed by atoms with Crippen LogP contribution in [0.15, 0.2) is 6.20 Å². The van der Waals surface area contributed by atoms with Crippen molar-refractivity contribution in [2.45, 2.75) is 70.1 Å². The van der Waals surface area contributed by atoms with Crippen molar-refractivity contribution in [2.24, 2.45) is 11.7 Å². The molecule has 0 spiro atoms. The van der Waals surface area contributed by atoms with Crippen LogP contribution in [-0.4, -0.2) is 52.4 Å². The number of primary amides is 1. The van der Waals surface area contributed by atoms with Crippen LogP contribution < -0.4 is 16.4 Å². The van der Waals surface area contributed by atoms with Crippen LogP contribution >= 0.6 is 0 Å². The molecule has 5 N–H and O–H groups in total. The van der Waals surface area contributed by atoms with Gasteiger partial charge in [0, 0.05) is 37.4 Å². The Balaban J connectivity index is 1.67. The number of hydrogen-bond acceptors (Lipinski definition) is 7. The number of nitrogens with zero attached hydrogens (tertiary/aromatic N) is 2. The quantitative estimate of drug-likeness (QED) is 0.546. The van der Waals surface area contributed by atoms with Gasteiger partial charge in [0.2, 0.25) is 5.95 Å². The minimum Gasteiger partial charge on any atom is -0.396 e. The highest BCUT2D eigenvalue weighted by Gasteiger charge is 2.28. The molecule has 27 heavy (non-hydrogen) atoms. The van der Waals surface area contributed by atoms with E-state index in [0.29, 0.717) is 23.9 Å². The molecule has 0 saturated heterocycles. The van der Waals surface area contributed by atoms with Gasteiger partial charge in [0.05, 0.1) is 11.7 Å². The Hall–Kier alpha value is -1.93. The lowest BCUT2D eigenvalue weighted by Crippen LogP contribution is -2.31. The Bertz CT molecular complexity index is 634. The minimum atomic E-state index is -0.556. The van der Waals surface area contributed by atoms with E-state index in [4.69, 9.17) is 10.5 Å². The number of aliphatic hydroxyl groups is 1. The number of nitrogens with two attached hydrogens (primary N) is 1. The Morgan fingerprint density at radius 1 is 1.26 bits per heavy atom. The molecular weight excluding hydrogens is 346 g/mol. The highest BCUT2D eigenvalue weighted by Crippen LogP contribution is 2.29. The summed E-state index contributed by atoms with van der Waals surface area (Å²) in [5.41, 5.74) is 5.77. The van der Waals surface area contributed by atoms with Crippen molar-refractivity contribution in [3.63, 3.8) is 0 Å². The van der Waals surface area contributed by atoms with E-state index >= 15 is 0 Å². The topological polar surface area (TPSA) is 122 Å². The van der Waals surface area contributed by atoms with Gasteiger partial charge < -0.3 is 26.2 Å². The van der Waals surface area contributed by atoms with Gasteiger partial charge in [-0.05, 0) is 45.4 Å². The molecule has 150 valence electrons. The number of aromatic nitrogens is 2. The van der Waals surface area contributed by atoms with E-state index in [-0.39, 0.29) is 24.1 Å². The van der Waals surface area contributed by atoms with E-state index in [1.807, 2.05) is 6.92 Å². The normalized spacial score (nSPS) is 28.1. The fourth-order valence-corrected chi connectivity index (χ4v) is 4.15. The van der Waals surface area contributed by atoms with Crippen LogP contribution in [0.2, 0.25) is 0 Å². The van der Waals surface area contributed by atoms with E-state index < -0.39 is 5.91 Å². The average Bonchev–Trinajstić information content (AvgIpc) is 3.11. The number of hydrogen-bond donors (Lipinski definition) is 4. The maximum absolute atomic E-state index is 11.8. The maximum Gasteiger partial charge on any atom is 0.254 e. The summed E-state index contributed by atoms with van der Waals surface area (Å²) in [6.07, 6.45) is 8.85. The van der Waals surface area contributed by atoms with Gasteiger partial charge in [-0.3, -0.25) is 4.79 Å². The molecule has 1 aromatic rings. The molecule has 0 bridgehead atoms. The third-order valence-electron chi connectivity index (χ3n) is 5.68. The van der Waals surface area contributed by atoms with Crippen molar-refractivity contribution in [3.8, 4) is 0 Å². The molecule has 8 heteroatoms. The fraction of sp³-hybridized carbons (Fsp3) is 0.737. The Morgan fingerprint density at radius 3 is 2.70 bits per heavy atom. The van der Waals surface area contributed by atoms with E-state index in [2.05, 4.69) is 20.6 Å². The van der Waals surface area contributed by atoms with Crippen LogP contribution in [0.3, 0.4) is 0 Å². The molecule has 0 aromatic carbocycles. The first kappa shape index (κ1) is 19.8. The van der Waals surface area contributed by atoms with Crippen LogP contribution in [-0.2, 0) is 4.74 Å². The van der Waals surface area contributed by atoms with Gasteiger partial charge in [-0.1, -0.05) is 6.42 Å². The largest absolute Gasteiger partial charge is 0.396 e. The predicted octanol–water partition coefficient (Wildman–Crippen LogP) is 1.91. The predicted molar refractivity (Wildman–Crippen MR) is 104 cm³/mol. The SMILES string of the molecule is CCOC1CCC(Nc2ncc(C(N)=O)c(N[C@@H]3CCC[C@@H]3CO)n2)CC1. The van der Waals surface area contributed by atoms with E-state index in [0.717, 1.165) is 51.6 Å². The van der Waals surface area contributed by atoms with Crippen molar-refractivity contribution in [2.75, 3.05) is 23.8 Å². The Morgan fingerprint density at radius 2 is 2.04 bits per heavy atom. The molecule has 2 aliphatic rings. The summed E-state index contributed by atoms with van der Waals surface area (Å²) < 4.78 is 5.70. The Kier molecular flexibility index (Phi) is 6.84. The summed E-state index contributed by atoms with van der Waals surface area (Å²) in [4.78, 5) is 20.6. The third-order valence-corrected chi connectivity index (χ3v) is 5.68. The van der Waals surface area contributed by atoms with Gasteiger partial charge in [0.25, 0.3) is 5.91 Å². The number of aliphatic hydroxyl groups excluding tert-OH is 1. The Labute approximate surface area is 160 Å². The van der Waals surface area contributed by atoms with Crippen LogP contribution in [0.25, 0.3) is 0 Å². The number of carbonyl (C=O) groups excluding carboxylic acids is 1.